The third-order valence-electron chi connectivity index (χ3n) is 3.52. The van der Waals surface area contributed by atoms with Gasteiger partial charge in [0.1, 0.15) is 0 Å². The molecule has 6 heteroatoms. The average Bonchev–Trinajstić information content (AvgIpc) is 2.72. The van der Waals surface area contributed by atoms with Gasteiger partial charge >= 0.3 is 0 Å². The van der Waals surface area contributed by atoms with E-state index in [0.29, 0.717) is 0 Å². The minimum absolute atomic E-state index is 0.620. The Hall–Kier alpha value is -0.690. The number of nitrogens with zero attached hydrogens (tertiary/aromatic N) is 1. The number of rotatable bonds is 2. The molecule has 3 rings (SSSR count). The second kappa shape index (κ2) is 5.36. The summed E-state index contributed by atoms with van der Waals surface area (Å²) in [5, 5.41) is 9.20. The van der Waals surface area contributed by atoms with Gasteiger partial charge < -0.3 is 0 Å². The first-order valence-corrected chi connectivity index (χ1v) is 8.11. The van der Waals surface area contributed by atoms with Gasteiger partial charge in [-0.05, 0) is 49.5 Å². The van der Waals surface area contributed by atoms with Crippen LogP contribution in [0.3, 0.4) is 0 Å². The van der Waals surface area contributed by atoms with Crippen LogP contribution in [0.1, 0.15) is 25.7 Å². The third kappa shape index (κ3) is 2.27. The van der Waals surface area contributed by atoms with Gasteiger partial charge in [-0.2, -0.15) is 0 Å². The molecule has 1 unspecified atom stereocenters. The molecule has 2 atom stereocenters. The predicted octanol–water partition coefficient (Wildman–Crippen LogP) is 3.58. The van der Waals surface area contributed by atoms with Crippen LogP contribution in [0.2, 0.25) is 0 Å². The molecule has 19 heavy (non-hydrogen) atoms. The fourth-order valence-electron chi connectivity index (χ4n) is 2.66. The molecule has 0 spiro atoms. The largest absolute Gasteiger partial charge is 0.254 e. The maximum absolute atomic E-state index is 12.6. The number of benzene rings is 1. The molecule has 1 aromatic carbocycles. The van der Waals surface area contributed by atoms with Crippen LogP contribution in [0.15, 0.2) is 39.2 Å². The molecule has 102 valence electrons. The lowest BCUT2D eigenvalue weighted by Crippen LogP contribution is -2.34. The van der Waals surface area contributed by atoms with Gasteiger partial charge in [-0.25, -0.2) is 14.4 Å². The normalized spacial score (nSPS) is 26.7. The molecule has 0 bridgehead atoms. The minimum atomic E-state index is -1.26. The van der Waals surface area contributed by atoms with Crippen LogP contribution in [0.4, 0.5) is 5.69 Å². The lowest BCUT2D eigenvalue weighted by atomic mass is 9.98. The van der Waals surface area contributed by atoms with Crippen LogP contribution < -0.4 is 4.31 Å². The molecule has 0 radical (unpaired) electrons. The van der Waals surface area contributed by atoms with Gasteiger partial charge in [0.15, 0.2) is 17.2 Å². The van der Waals surface area contributed by atoms with Crippen LogP contribution in [0, 0.1) is 0 Å². The van der Waals surface area contributed by atoms with Crippen molar-refractivity contribution in [2.45, 2.75) is 31.9 Å². The molecule has 4 nitrogen and oxygen atoms in total. The Kier molecular flexibility index (Phi) is 3.75. The molecule has 1 heterocycles. The summed E-state index contributed by atoms with van der Waals surface area (Å²) >= 11 is 3.41. The summed E-state index contributed by atoms with van der Waals surface area (Å²) in [6, 6.07) is 7.53. The standard InChI is InChI=1S/C13H14BrNO3S/c14-9-4-3-5-10(8-9)15-13(18-16)11-6-1-2-7-12(11)19(15)17/h3-5,8,13,16H,1-2,6-7H2/t13-,19?/m0/s1. The second-order valence-electron chi connectivity index (χ2n) is 4.67. The quantitative estimate of drug-likeness (QED) is 0.659. The third-order valence-corrected chi connectivity index (χ3v) is 5.66. The smallest absolute Gasteiger partial charge is 0.199 e. The van der Waals surface area contributed by atoms with E-state index in [9.17, 15) is 9.47 Å². The lowest BCUT2D eigenvalue weighted by Gasteiger charge is -2.24. The highest BCUT2D eigenvalue weighted by molar-refractivity contribution is 9.10. The van der Waals surface area contributed by atoms with Crippen molar-refractivity contribution in [1.82, 2.24) is 0 Å². The molecule has 1 N–H and O–H groups in total. The first-order valence-electron chi connectivity index (χ1n) is 6.21. The maximum Gasteiger partial charge on any atom is 0.199 e. The number of hydrogen-bond acceptors (Lipinski definition) is 3. The fourth-order valence-corrected chi connectivity index (χ4v) is 4.68. The molecular formula is C13H14BrNO3S. The Labute approximate surface area is 122 Å². The number of anilines is 1. The summed E-state index contributed by atoms with van der Waals surface area (Å²) in [4.78, 5) is 5.54. The molecule has 1 aliphatic carbocycles. The van der Waals surface area contributed by atoms with Gasteiger partial charge in [0, 0.05) is 9.38 Å². The molecular weight excluding hydrogens is 330 g/mol. The highest BCUT2D eigenvalue weighted by Gasteiger charge is 2.41. The molecule has 1 aliphatic heterocycles. The highest BCUT2D eigenvalue weighted by atomic mass is 79.9. The van der Waals surface area contributed by atoms with Crippen molar-refractivity contribution in [1.29, 1.82) is 0 Å². The maximum atomic E-state index is 12.6. The van der Waals surface area contributed by atoms with Crippen molar-refractivity contribution in [2.24, 2.45) is 0 Å². The van der Waals surface area contributed by atoms with E-state index in [-0.39, 0.29) is 0 Å². The fraction of sp³-hybridized carbons (Fsp3) is 0.385. The topological polar surface area (TPSA) is 49.8 Å². The minimum Gasteiger partial charge on any atom is -0.254 e. The van der Waals surface area contributed by atoms with Crippen molar-refractivity contribution in [3.8, 4) is 0 Å². The van der Waals surface area contributed by atoms with E-state index >= 15 is 0 Å². The number of allylic oxidation sites excluding steroid dienone is 1. The van der Waals surface area contributed by atoms with Gasteiger partial charge in [-0.15, -0.1) is 0 Å². The molecule has 0 saturated carbocycles. The SMILES string of the molecule is O=S1C2=C(CCCC2)[C@H](OO)N1c1cccc(Br)c1. The van der Waals surface area contributed by atoms with Crippen molar-refractivity contribution in [2.75, 3.05) is 4.31 Å². The lowest BCUT2D eigenvalue weighted by molar-refractivity contribution is -0.265. The van der Waals surface area contributed by atoms with E-state index < -0.39 is 17.2 Å². The zero-order chi connectivity index (χ0) is 13.4. The molecule has 2 aliphatic rings. The summed E-state index contributed by atoms with van der Waals surface area (Å²) in [6.07, 6.45) is 3.16. The van der Waals surface area contributed by atoms with Gasteiger partial charge in [-0.1, -0.05) is 22.0 Å². The first kappa shape index (κ1) is 13.3. The molecule has 0 fully saturated rings. The van der Waals surface area contributed by atoms with Gasteiger partial charge in [0.2, 0.25) is 0 Å². The molecule has 0 amide bonds. The van der Waals surface area contributed by atoms with E-state index in [0.717, 1.165) is 46.3 Å². The second-order valence-corrected chi connectivity index (χ2v) is 6.97. The Morgan fingerprint density at radius 3 is 2.89 bits per heavy atom. The Balaban J connectivity index is 2.01. The number of hydrogen-bond donors (Lipinski definition) is 1. The summed E-state index contributed by atoms with van der Waals surface area (Å²) in [7, 11) is -1.26. The van der Waals surface area contributed by atoms with Gasteiger partial charge in [0.25, 0.3) is 0 Å². The van der Waals surface area contributed by atoms with Gasteiger partial charge in [0.05, 0.1) is 5.69 Å². The van der Waals surface area contributed by atoms with Crippen LogP contribution in [-0.2, 0) is 15.9 Å². The van der Waals surface area contributed by atoms with Crippen molar-refractivity contribution in [3.63, 3.8) is 0 Å². The van der Waals surface area contributed by atoms with E-state index in [4.69, 9.17) is 0 Å². The Bertz CT molecular complexity index is 561. The van der Waals surface area contributed by atoms with Crippen molar-refractivity contribution < 1.29 is 14.4 Å². The van der Waals surface area contributed by atoms with Gasteiger partial charge in [-0.3, -0.25) is 4.31 Å². The summed E-state index contributed by atoms with van der Waals surface area (Å²) in [6.45, 7) is 0. The predicted molar refractivity (Wildman–Crippen MR) is 77.8 cm³/mol. The van der Waals surface area contributed by atoms with E-state index in [1.165, 1.54) is 0 Å². The van der Waals surface area contributed by atoms with Crippen LogP contribution in [0.25, 0.3) is 0 Å². The zero-order valence-electron chi connectivity index (χ0n) is 10.2. The summed E-state index contributed by atoms with van der Waals surface area (Å²) in [5.74, 6) is 0. The first-order chi connectivity index (χ1) is 9.22. The Morgan fingerprint density at radius 2 is 2.16 bits per heavy atom. The summed E-state index contributed by atoms with van der Waals surface area (Å²) in [5.41, 5.74) is 1.76. The summed E-state index contributed by atoms with van der Waals surface area (Å²) < 4.78 is 15.1. The number of halogens is 1. The Morgan fingerprint density at radius 1 is 1.37 bits per heavy atom. The van der Waals surface area contributed by atoms with E-state index in [2.05, 4.69) is 20.8 Å². The van der Waals surface area contributed by atoms with E-state index in [1.807, 2.05) is 24.3 Å². The molecule has 1 aromatic rings. The van der Waals surface area contributed by atoms with Crippen molar-refractivity contribution in [3.05, 3.63) is 39.2 Å². The molecule has 0 aromatic heterocycles. The van der Waals surface area contributed by atoms with Crippen LogP contribution in [0.5, 0.6) is 0 Å². The average molecular weight is 344 g/mol. The molecule has 0 saturated heterocycles. The monoisotopic (exact) mass is 343 g/mol. The van der Waals surface area contributed by atoms with Crippen molar-refractivity contribution >= 4 is 32.6 Å². The van der Waals surface area contributed by atoms with Crippen LogP contribution >= 0.6 is 15.9 Å². The zero-order valence-corrected chi connectivity index (χ0v) is 12.6. The van der Waals surface area contributed by atoms with Crippen LogP contribution in [-0.4, -0.2) is 15.7 Å². The van der Waals surface area contributed by atoms with E-state index in [1.54, 1.807) is 4.31 Å². The highest BCUT2D eigenvalue weighted by Crippen LogP contribution is 2.41.